The molecule has 174 valence electrons. The fraction of sp³-hybridized carbons (Fsp3) is 0.214. The van der Waals surface area contributed by atoms with Crippen molar-refractivity contribution in [3.05, 3.63) is 89.6 Å². The lowest BCUT2D eigenvalue weighted by Crippen LogP contribution is -2.32. The molecule has 1 N–H and O–H groups in total. The average Bonchev–Trinajstić information content (AvgIpc) is 3.04. The lowest BCUT2D eigenvalue weighted by Gasteiger charge is -2.17. The monoisotopic (exact) mass is 455 g/mol. The highest BCUT2D eigenvalue weighted by molar-refractivity contribution is 6.46. The highest BCUT2D eigenvalue weighted by Gasteiger charge is 2.40. The van der Waals surface area contributed by atoms with E-state index >= 15 is 0 Å². The van der Waals surface area contributed by atoms with Crippen molar-refractivity contribution >= 4 is 34.4 Å². The van der Waals surface area contributed by atoms with Crippen molar-refractivity contribution in [2.45, 2.75) is 26.9 Å². The molecule has 0 aliphatic carbocycles. The van der Waals surface area contributed by atoms with Gasteiger partial charge in [0, 0.05) is 25.5 Å². The third-order valence-corrected chi connectivity index (χ3v) is 5.54. The minimum Gasteiger partial charge on any atom is -0.491 e. The van der Waals surface area contributed by atoms with E-state index in [-0.39, 0.29) is 17.7 Å². The van der Waals surface area contributed by atoms with Crippen LogP contribution in [0, 0.1) is 6.92 Å². The van der Waals surface area contributed by atoms with Gasteiger partial charge in [-0.1, -0.05) is 29.8 Å². The maximum Gasteiger partial charge on any atom is 0.282 e. The summed E-state index contributed by atoms with van der Waals surface area (Å²) in [4.78, 5) is 30.3. The summed E-state index contributed by atoms with van der Waals surface area (Å²) in [5.74, 6) is -0.0718. The molecule has 0 atom stereocenters. The topological polar surface area (TPSA) is 61.9 Å². The number of rotatable bonds is 7. The Morgan fingerprint density at radius 1 is 0.824 bits per heavy atom. The number of anilines is 3. The van der Waals surface area contributed by atoms with Gasteiger partial charge in [-0.05, 0) is 74.9 Å². The molecule has 0 unspecified atom stereocenters. The zero-order valence-corrected chi connectivity index (χ0v) is 20.1. The van der Waals surface area contributed by atoms with E-state index in [1.165, 1.54) is 4.90 Å². The second-order valence-electron chi connectivity index (χ2n) is 8.79. The molecule has 3 aromatic rings. The number of hydrogen-bond acceptors (Lipinski definition) is 5. The molecule has 1 heterocycles. The van der Waals surface area contributed by atoms with Crippen molar-refractivity contribution in [1.82, 2.24) is 0 Å². The number of ether oxygens (including phenoxy) is 1. The van der Waals surface area contributed by atoms with Crippen molar-refractivity contribution in [3.8, 4) is 5.75 Å². The summed E-state index contributed by atoms with van der Waals surface area (Å²) in [5.41, 5.74) is 4.64. The minimum atomic E-state index is -0.394. The molecule has 0 spiro atoms. The Balaban J connectivity index is 1.72. The van der Waals surface area contributed by atoms with E-state index in [0.717, 1.165) is 16.9 Å². The first kappa shape index (κ1) is 23.1. The van der Waals surface area contributed by atoms with Crippen LogP contribution in [0.4, 0.5) is 17.1 Å². The summed E-state index contributed by atoms with van der Waals surface area (Å²) in [7, 11) is 3.93. The van der Waals surface area contributed by atoms with Crippen LogP contribution >= 0.6 is 0 Å². The van der Waals surface area contributed by atoms with E-state index in [2.05, 4.69) is 5.32 Å². The zero-order chi connectivity index (χ0) is 24.4. The van der Waals surface area contributed by atoms with Gasteiger partial charge in [-0.2, -0.15) is 0 Å². The molecule has 1 aliphatic rings. The zero-order valence-electron chi connectivity index (χ0n) is 20.1. The summed E-state index contributed by atoms with van der Waals surface area (Å²) >= 11 is 0. The minimum absolute atomic E-state index is 0.0328. The van der Waals surface area contributed by atoms with Crippen LogP contribution < -0.4 is 19.9 Å². The summed E-state index contributed by atoms with van der Waals surface area (Å²) in [6.45, 7) is 5.88. The van der Waals surface area contributed by atoms with E-state index in [1.807, 2.05) is 88.3 Å². The second kappa shape index (κ2) is 9.43. The lowest BCUT2D eigenvalue weighted by molar-refractivity contribution is -0.120. The van der Waals surface area contributed by atoms with E-state index in [1.54, 1.807) is 24.3 Å². The molecule has 0 saturated heterocycles. The predicted octanol–water partition coefficient (Wildman–Crippen LogP) is 5.24. The second-order valence-corrected chi connectivity index (χ2v) is 8.79. The number of carbonyl (C=O) groups excluding carboxylic acids is 2. The molecule has 3 aromatic carbocycles. The maximum atomic E-state index is 13.6. The third-order valence-electron chi connectivity index (χ3n) is 5.54. The van der Waals surface area contributed by atoms with Gasteiger partial charge in [0.2, 0.25) is 0 Å². The number of benzene rings is 3. The molecule has 6 nitrogen and oxygen atoms in total. The van der Waals surface area contributed by atoms with Crippen LogP contribution in [-0.2, 0) is 9.59 Å². The normalized spacial score (nSPS) is 13.6. The lowest BCUT2D eigenvalue weighted by atomic mass is 10.0. The Bertz CT molecular complexity index is 1230. The van der Waals surface area contributed by atoms with E-state index in [9.17, 15) is 9.59 Å². The number of nitrogens with zero attached hydrogens (tertiary/aromatic N) is 2. The van der Waals surface area contributed by atoms with Crippen LogP contribution in [0.3, 0.4) is 0 Å². The highest BCUT2D eigenvalue weighted by Crippen LogP contribution is 2.34. The summed E-state index contributed by atoms with van der Waals surface area (Å²) < 4.78 is 5.70. The molecule has 0 radical (unpaired) electrons. The molecular formula is C28H29N3O3. The Morgan fingerprint density at radius 3 is 2.00 bits per heavy atom. The molecule has 4 rings (SSSR count). The summed E-state index contributed by atoms with van der Waals surface area (Å²) in [5, 5.41) is 3.21. The van der Waals surface area contributed by atoms with Crippen molar-refractivity contribution in [2.24, 2.45) is 0 Å². The van der Waals surface area contributed by atoms with Crippen LogP contribution in [0.15, 0.2) is 78.5 Å². The van der Waals surface area contributed by atoms with E-state index < -0.39 is 5.91 Å². The van der Waals surface area contributed by atoms with Crippen LogP contribution in [0.25, 0.3) is 5.57 Å². The molecule has 34 heavy (non-hydrogen) atoms. The molecular weight excluding hydrogens is 426 g/mol. The molecule has 6 heteroatoms. The van der Waals surface area contributed by atoms with Gasteiger partial charge in [0.1, 0.15) is 11.4 Å². The van der Waals surface area contributed by atoms with Crippen LogP contribution in [-0.4, -0.2) is 32.0 Å². The molecule has 0 aromatic heterocycles. The number of hydrogen-bond donors (Lipinski definition) is 1. The number of amides is 2. The Kier molecular flexibility index (Phi) is 6.41. The largest absolute Gasteiger partial charge is 0.491 e. The first-order chi connectivity index (χ1) is 16.2. The van der Waals surface area contributed by atoms with Gasteiger partial charge < -0.3 is 15.0 Å². The summed E-state index contributed by atoms with van der Waals surface area (Å²) in [6.07, 6.45) is 0.0328. The fourth-order valence-corrected chi connectivity index (χ4v) is 3.80. The van der Waals surface area contributed by atoms with Crippen LogP contribution in [0.5, 0.6) is 5.75 Å². The van der Waals surface area contributed by atoms with Gasteiger partial charge in [0.05, 0.1) is 17.4 Å². The van der Waals surface area contributed by atoms with Crippen molar-refractivity contribution < 1.29 is 14.3 Å². The molecule has 1 aliphatic heterocycles. The van der Waals surface area contributed by atoms with Crippen molar-refractivity contribution in [1.29, 1.82) is 0 Å². The molecule has 0 saturated carbocycles. The van der Waals surface area contributed by atoms with Gasteiger partial charge >= 0.3 is 0 Å². The van der Waals surface area contributed by atoms with Crippen molar-refractivity contribution in [2.75, 3.05) is 29.2 Å². The number of carbonyl (C=O) groups is 2. The first-order valence-electron chi connectivity index (χ1n) is 11.3. The molecule has 0 bridgehead atoms. The molecule has 0 fully saturated rings. The van der Waals surface area contributed by atoms with Crippen molar-refractivity contribution in [3.63, 3.8) is 0 Å². The van der Waals surface area contributed by atoms with Gasteiger partial charge in [-0.25, -0.2) is 4.90 Å². The predicted molar refractivity (Wildman–Crippen MR) is 137 cm³/mol. The standard InChI is InChI=1S/C28H29N3O3/c1-18(2)34-24-16-14-23(15-17-24)31-27(32)25(20-8-6-19(3)7-9-20)26(28(31)33)29-21-10-12-22(13-11-21)30(4)5/h6-18,29H,1-5H3. The Labute approximate surface area is 200 Å². The highest BCUT2D eigenvalue weighted by atomic mass is 16.5. The SMILES string of the molecule is Cc1ccc(C2=C(Nc3ccc(N(C)C)cc3)C(=O)N(c3ccc(OC(C)C)cc3)C2=O)cc1. The van der Waals surface area contributed by atoms with Crippen LogP contribution in [0.1, 0.15) is 25.0 Å². The Hall–Kier alpha value is -4.06. The number of aryl methyl sites for hydroxylation is 1. The quantitative estimate of drug-likeness (QED) is 0.494. The Morgan fingerprint density at radius 2 is 1.44 bits per heavy atom. The van der Waals surface area contributed by atoms with E-state index in [0.29, 0.717) is 22.6 Å². The van der Waals surface area contributed by atoms with E-state index in [4.69, 9.17) is 4.74 Å². The number of imide groups is 1. The van der Waals surface area contributed by atoms with Crippen LogP contribution in [0.2, 0.25) is 0 Å². The summed E-state index contributed by atoms with van der Waals surface area (Å²) in [6, 6.07) is 22.3. The number of nitrogens with one attached hydrogen (secondary N) is 1. The molecule has 2 amide bonds. The van der Waals surface area contributed by atoms with Gasteiger partial charge in [0.25, 0.3) is 11.8 Å². The smallest absolute Gasteiger partial charge is 0.282 e. The first-order valence-corrected chi connectivity index (χ1v) is 11.3. The fourth-order valence-electron chi connectivity index (χ4n) is 3.80. The van der Waals surface area contributed by atoms with Gasteiger partial charge in [-0.3, -0.25) is 9.59 Å². The third kappa shape index (κ3) is 4.66. The van der Waals surface area contributed by atoms with Gasteiger partial charge in [-0.15, -0.1) is 0 Å². The maximum absolute atomic E-state index is 13.6. The average molecular weight is 456 g/mol. The van der Waals surface area contributed by atoms with Gasteiger partial charge in [0.15, 0.2) is 0 Å².